The van der Waals surface area contributed by atoms with E-state index in [1.807, 2.05) is 0 Å². The second kappa shape index (κ2) is 5.97. The van der Waals surface area contributed by atoms with Gasteiger partial charge in [0.1, 0.15) is 0 Å². The van der Waals surface area contributed by atoms with Crippen LogP contribution < -0.4 is 0 Å². The summed E-state index contributed by atoms with van der Waals surface area (Å²) in [5, 5.41) is 11.0. The van der Waals surface area contributed by atoms with E-state index in [1.54, 1.807) is 42.5 Å². The van der Waals surface area contributed by atoms with Crippen molar-refractivity contribution in [3.63, 3.8) is 0 Å². The lowest BCUT2D eigenvalue weighted by Crippen LogP contribution is -2.04. The van der Waals surface area contributed by atoms with Crippen LogP contribution in [-0.2, 0) is 16.0 Å². The Kier molecular flexibility index (Phi) is 4.10. The molecule has 0 amide bonds. The van der Waals surface area contributed by atoms with Gasteiger partial charge in [0.25, 0.3) is 5.69 Å². The van der Waals surface area contributed by atoms with Crippen molar-refractivity contribution < 1.29 is 14.5 Å². The zero-order valence-corrected chi connectivity index (χ0v) is 10.9. The van der Waals surface area contributed by atoms with Gasteiger partial charge in [0.2, 0.25) is 0 Å². The van der Waals surface area contributed by atoms with Crippen molar-refractivity contribution in [1.29, 1.82) is 0 Å². The van der Waals surface area contributed by atoms with Gasteiger partial charge in [-0.3, -0.25) is 14.9 Å². The first-order valence-corrected chi connectivity index (χ1v) is 6.01. The fraction of sp³-hybridized carbons (Fsp3) is 0.133. The summed E-state index contributed by atoms with van der Waals surface area (Å²) in [7, 11) is 1.34. The second-order valence-electron chi connectivity index (χ2n) is 4.22. The first kappa shape index (κ1) is 13.7. The molecule has 0 aromatic heterocycles. The molecule has 0 bridgehead atoms. The first-order chi connectivity index (χ1) is 9.61. The van der Waals surface area contributed by atoms with Crippen LogP contribution in [0.2, 0.25) is 0 Å². The van der Waals surface area contributed by atoms with E-state index in [9.17, 15) is 14.9 Å². The van der Waals surface area contributed by atoms with Crippen molar-refractivity contribution in [1.82, 2.24) is 0 Å². The Morgan fingerprint density at radius 2 is 1.80 bits per heavy atom. The molecule has 2 aromatic rings. The van der Waals surface area contributed by atoms with Crippen molar-refractivity contribution >= 4 is 11.7 Å². The van der Waals surface area contributed by atoms with Gasteiger partial charge in [-0.05, 0) is 17.2 Å². The largest absolute Gasteiger partial charge is 0.469 e. The lowest BCUT2D eigenvalue weighted by molar-refractivity contribution is -0.384. The standard InChI is InChI=1S/C15H13NO4/c1-20-15(17)10-11-6-8-12(9-7-11)13-4-2-3-5-14(13)16(18)19/h2-9H,10H2,1H3. The number of ether oxygens (including phenoxy) is 1. The van der Waals surface area contributed by atoms with Gasteiger partial charge in [-0.25, -0.2) is 0 Å². The van der Waals surface area contributed by atoms with Gasteiger partial charge >= 0.3 is 5.97 Å². The van der Waals surface area contributed by atoms with Crippen molar-refractivity contribution in [2.75, 3.05) is 7.11 Å². The summed E-state index contributed by atoms with van der Waals surface area (Å²) < 4.78 is 4.59. The number of hydrogen-bond acceptors (Lipinski definition) is 4. The van der Waals surface area contributed by atoms with E-state index < -0.39 is 4.92 Å². The van der Waals surface area contributed by atoms with Crippen molar-refractivity contribution in [2.45, 2.75) is 6.42 Å². The molecular formula is C15H13NO4. The lowest BCUT2D eigenvalue weighted by atomic mass is 10.0. The van der Waals surface area contributed by atoms with Crippen LogP contribution in [0.4, 0.5) is 5.69 Å². The van der Waals surface area contributed by atoms with Crippen LogP contribution in [-0.4, -0.2) is 18.0 Å². The highest BCUT2D eigenvalue weighted by molar-refractivity contribution is 5.75. The molecule has 20 heavy (non-hydrogen) atoms. The van der Waals surface area contributed by atoms with Crippen LogP contribution >= 0.6 is 0 Å². The summed E-state index contributed by atoms with van der Waals surface area (Å²) in [6.45, 7) is 0. The average Bonchev–Trinajstić information content (AvgIpc) is 2.48. The zero-order valence-electron chi connectivity index (χ0n) is 10.9. The molecule has 0 radical (unpaired) electrons. The summed E-state index contributed by atoms with van der Waals surface area (Å²) in [5.41, 5.74) is 2.17. The van der Waals surface area contributed by atoms with Gasteiger partial charge in [-0.2, -0.15) is 0 Å². The average molecular weight is 271 g/mol. The molecule has 2 rings (SSSR count). The van der Waals surface area contributed by atoms with Gasteiger partial charge in [0, 0.05) is 6.07 Å². The third-order valence-electron chi connectivity index (χ3n) is 2.94. The summed E-state index contributed by atoms with van der Waals surface area (Å²) in [4.78, 5) is 21.8. The highest BCUT2D eigenvalue weighted by Gasteiger charge is 2.14. The second-order valence-corrected chi connectivity index (χ2v) is 4.22. The molecule has 0 N–H and O–H groups in total. The number of carbonyl (C=O) groups excluding carboxylic acids is 1. The molecule has 0 aliphatic carbocycles. The normalized spacial score (nSPS) is 10.1. The Hall–Kier alpha value is -2.69. The minimum atomic E-state index is -0.405. The zero-order chi connectivity index (χ0) is 14.5. The van der Waals surface area contributed by atoms with E-state index in [-0.39, 0.29) is 18.1 Å². The van der Waals surface area contributed by atoms with E-state index in [1.165, 1.54) is 13.2 Å². The molecule has 102 valence electrons. The molecule has 0 aliphatic rings. The molecule has 0 saturated heterocycles. The molecule has 5 nitrogen and oxygen atoms in total. The number of nitro benzene ring substituents is 1. The predicted octanol–water partition coefficient (Wildman–Crippen LogP) is 2.98. The van der Waals surface area contributed by atoms with Crippen molar-refractivity contribution in [2.24, 2.45) is 0 Å². The van der Waals surface area contributed by atoms with Crippen LogP contribution in [0.25, 0.3) is 11.1 Å². The summed E-state index contributed by atoms with van der Waals surface area (Å²) >= 11 is 0. The van der Waals surface area contributed by atoms with E-state index in [0.717, 1.165) is 11.1 Å². The molecular weight excluding hydrogens is 258 g/mol. The number of para-hydroxylation sites is 1. The van der Waals surface area contributed by atoms with Crippen molar-refractivity contribution in [3.05, 3.63) is 64.2 Å². The van der Waals surface area contributed by atoms with Crippen LogP contribution in [0.15, 0.2) is 48.5 Å². The quantitative estimate of drug-likeness (QED) is 0.487. The fourth-order valence-corrected chi connectivity index (χ4v) is 1.92. The van der Waals surface area contributed by atoms with E-state index >= 15 is 0 Å². The van der Waals surface area contributed by atoms with Gasteiger partial charge in [0.05, 0.1) is 24.0 Å². The monoisotopic (exact) mass is 271 g/mol. The predicted molar refractivity (Wildman–Crippen MR) is 74.3 cm³/mol. The Morgan fingerprint density at radius 1 is 1.15 bits per heavy atom. The number of methoxy groups -OCH3 is 1. The van der Waals surface area contributed by atoms with Crippen LogP contribution in [0, 0.1) is 10.1 Å². The molecule has 0 spiro atoms. The van der Waals surface area contributed by atoms with E-state index in [2.05, 4.69) is 4.74 Å². The maximum Gasteiger partial charge on any atom is 0.309 e. The van der Waals surface area contributed by atoms with Crippen LogP contribution in [0.1, 0.15) is 5.56 Å². The molecule has 5 heteroatoms. The van der Waals surface area contributed by atoms with E-state index in [4.69, 9.17) is 0 Å². The fourth-order valence-electron chi connectivity index (χ4n) is 1.92. The molecule has 0 atom stereocenters. The number of nitrogens with zero attached hydrogens (tertiary/aromatic N) is 1. The molecule has 0 heterocycles. The molecule has 0 fully saturated rings. The SMILES string of the molecule is COC(=O)Cc1ccc(-c2ccccc2[N+](=O)[O-])cc1. The smallest absolute Gasteiger partial charge is 0.309 e. The Labute approximate surface area is 116 Å². The van der Waals surface area contributed by atoms with Gasteiger partial charge in [-0.1, -0.05) is 36.4 Å². The lowest BCUT2D eigenvalue weighted by Gasteiger charge is -2.05. The summed E-state index contributed by atoms with van der Waals surface area (Å²) in [6, 6.07) is 13.6. The van der Waals surface area contributed by atoms with Gasteiger partial charge in [-0.15, -0.1) is 0 Å². The number of carbonyl (C=O) groups is 1. The Bertz CT molecular complexity index is 635. The first-order valence-electron chi connectivity index (χ1n) is 6.01. The highest BCUT2D eigenvalue weighted by Crippen LogP contribution is 2.29. The summed E-state index contributed by atoms with van der Waals surface area (Å²) in [6.07, 6.45) is 0.188. The number of nitro groups is 1. The van der Waals surface area contributed by atoms with Gasteiger partial charge < -0.3 is 4.74 Å². The van der Waals surface area contributed by atoms with Crippen molar-refractivity contribution in [3.8, 4) is 11.1 Å². The number of hydrogen-bond donors (Lipinski definition) is 0. The molecule has 0 aliphatic heterocycles. The van der Waals surface area contributed by atoms with E-state index in [0.29, 0.717) is 5.56 Å². The maximum absolute atomic E-state index is 11.2. The Morgan fingerprint density at radius 3 is 2.40 bits per heavy atom. The number of benzene rings is 2. The maximum atomic E-state index is 11.2. The minimum Gasteiger partial charge on any atom is -0.469 e. The molecule has 0 unspecified atom stereocenters. The molecule has 2 aromatic carbocycles. The number of rotatable bonds is 4. The third-order valence-corrected chi connectivity index (χ3v) is 2.94. The summed E-state index contributed by atoms with van der Waals surface area (Å²) in [5.74, 6) is -0.316. The molecule has 0 saturated carbocycles. The number of esters is 1. The topological polar surface area (TPSA) is 69.4 Å². The van der Waals surface area contributed by atoms with Crippen LogP contribution in [0.3, 0.4) is 0 Å². The minimum absolute atomic E-state index is 0.0632. The van der Waals surface area contributed by atoms with Crippen LogP contribution in [0.5, 0.6) is 0 Å². The highest BCUT2D eigenvalue weighted by atomic mass is 16.6. The Balaban J connectivity index is 2.31. The third kappa shape index (κ3) is 3.00. The van der Waals surface area contributed by atoms with Gasteiger partial charge in [0.15, 0.2) is 0 Å².